The molecule has 0 aromatic heterocycles. The molecule has 0 bridgehead atoms. The van der Waals surface area contributed by atoms with Crippen LogP contribution in [0.4, 0.5) is 5.69 Å². The molecule has 3 aromatic carbocycles. The van der Waals surface area contributed by atoms with Crippen LogP contribution >= 0.6 is 11.6 Å². The summed E-state index contributed by atoms with van der Waals surface area (Å²) in [6, 6.07) is 20.0. The molecule has 4 amide bonds. The number of hydrogen-bond donors (Lipinski definition) is 1. The van der Waals surface area contributed by atoms with Crippen molar-refractivity contribution in [1.82, 2.24) is 4.90 Å². The number of allylic oxidation sites excluding steroid dienone is 2. The minimum atomic E-state index is -1.35. The van der Waals surface area contributed by atoms with Gasteiger partial charge in [0.25, 0.3) is 0 Å². The molecule has 7 nitrogen and oxygen atoms in total. The Labute approximate surface area is 273 Å². The number of hydrogen-bond acceptors (Lipinski definition) is 5. The second-order valence-corrected chi connectivity index (χ2v) is 14.7. The van der Waals surface area contributed by atoms with Crippen molar-refractivity contribution in [3.8, 4) is 5.75 Å². The molecule has 8 heteroatoms. The maximum absolute atomic E-state index is 15.3. The first kappa shape index (κ1) is 30.4. The number of rotatable bonds is 3. The first-order chi connectivity index (χ1) is 21.8. The molecule has 2 heterocycles. The summed E-state index contributed by atoms with van der Waals surface area (Å²) in [5.74, 6) is -3.97. The van der Waals surface area contributed by atoms with Gasteiger partial charge in [0.1, 0.15) is 5.75 Å². The number of likely N-dealkylation sites (tertiary alicyclic amines) is 1. The van der Waals surface area contributed by atoms with E-state index in [9.17, 15) is 19.5 Å². The van der Waals surface area contributed by atoms with Crippen LogP contribution in [-0.2, 0) is 24.6 Å². The van der Waals surface area contributed by atoms with Crippen LogP contribution < -0.4 is 4.90 Å². The van der Waals surface area contributed by atoms with Crippen LogP contribution in [0.15, 0.2) is 78.4 Å². The van der Waals surface area contributed by atoms with Gasteiger partial charge in [-0.15, -0.1) is 0 Å². The zero-order chi connectivity index (χ0) is 32.9. The molecule has 0 unspecified atom stereocenters. The molecular formula is C38H37ClN2O5. The third-order valence-corrected chi connectivity index (χ3v) is 10.9. The zero-order valence-electron chi connectivity index (χ0n) is 26.6. The number of halogens is 1. The van der Waals surface area contributed by atoms with Gasteiger partial charge < -0.3 is 5.11 Å². The van der Waals surface area contributed by atoms with E-state index < -0.39 is 40.5 Å². The minimum absolute atomic E-state index is 0.172. The lowest BCUT2D eigenvalue weighted by Gasteiger charge is -2.51. The highest BCUT2D eigenvalue weighted by atomic mass is 35.5. The number of nitrogens with zero attached hydrogens (tertiary/aromatic N) is 2. The molecule has 7 rings (SSSR count). The summed E-state index contributed by atoms with van der Waals surface area (Å²) in [5.41, 5.74) is 2.06. The summed E-state index contributed by atoms with van der Waals surface area (Å²) in [7, 11) is 0. The van der Waals surface area contributed by atoms with Crippen molar-refractivity contribution >= 4 is 40.9 Å². The normalized spacial score (nSPS) is 29.1. The Hall–Kier alpha value is -4.23. The Kier molecular flexibility index (Phi) is 6.87. The number of aryl methyl sites for hydroxylation is 2. The number of aromatic hydroxyl groups is 1. The maximum Gasteiger partial charge on any atom is 0.246 e. The van der Waals surface area contributed by atoms with Gasteiger partial charge in [0.15, 0.2) is 0 Å². The summed E-state index contributed by atoms with van der Waals surface area (Å²) in [6.45, 7) is 9.24. The fourth-order valence-electron chi connectivity index (χ4n) is 8.94. The first-order valence-corrected chi connectivity index (χ1v) is 16.2. The summed E-state index contributed by atoms with van der Waals surface area (Å²) in [5, 5.41) is 11.2. The third kappa shape index (κ3) is 4.10. The molecule has 3 aromatic rings. The number of imide groups is 2. The third-order valence-electron chi connectivity index (χ3n) is 10.7. The number of amides is 4. The summed E-state index contributed by atoms with van der Waals surface area (Å²) >= 11 is 6.38. The molecule has 2 saturated heterocycles. The van der Waals surface area contributed by atoms with E-state index in [2.05, 4.69) is 6.08 Å². The Morgan fingerprint density at radius 2 is 1.52 bits per heavy atom. The molecule has 46 heavy (non-hydrogen) atoms. The lowest BCUT2D eigenvalue weighted by atomic mass is 9.49. The average molecular weight is 637 g/mol. The molecule has 0 spiro atoms. The van der Waals surface area contributed by atoms with E-state index in [1.807, 2.05) is 77.1 Å². The molecule has 1 N–H and O–H groups in total. The second-order valence-electron chi connectivity index (χ2n) is 14.3. The summed E-state index contributed by atoms with van der Waals surface area (Å²) in [6.07, 6.45) is 2.68. The Balaban J connectivity index is 1.51. The summed E-state index contributed by atoms with van der Waals surface area (Å²) in [4.78, 5) is 60.7. The molecule has 3 fully saturated rings. The molecule has 6 atom stereocenters. The van der Waals surface area contributed by atoms with Gasteiger partial charge in [0.2, 0.25) is 23.6 Å². The van der Waals surface area contributed by atoms with E-state index in [1.165, 1.54) is 9.80 Å². The lowest BCUT2D eigenvalue weighted by Crippen LogP contribution is -2.53. The largest absolute Gasteiger partial charge is 0.507 e. The predicted octanol–water partition coefficient (Wildman–Crippen LogP) is 6.62. The van der Waals surface area contributed by atoms with Crippen LogP contribution in [0.1, 0.15) is 61.8 Å². The summed E-state index contributed by atoms with van der Waals surface area (Å²) < 4.78 is 0. The number of anilines is 1. The van der Waals surface area contributed by atoms with Crippen molar-refractivity contribution in [3.05, 3.63) is 106 Å². The van der Waals surface area contributed by atoms with Gasteiger partial charge in [-0.1, -0.05) is 71.8 Å². The van der Waals surface area contributed by atoms with Crippen molar-refractivity contribution in [3.63, 3.8) is 0 Å². The maximum atomic E-state index is 15.3. The quantitative estimate of drug-likeness (QED) is 0.257. The van der Waals surface area contributed by atoms with E-state index >= 15 is 4.79 Å². The second kappa shape index (κ2) is 10.4. The van der Waals surface area contributed by atoms with Gasteiger partial charge >= 0.3 is 0 Å². The smallest absolute Gasteiger partial charge is 0.246 e. The lowest BCUT2D eigenvalue weighted by molar-refractivity contribution is -0.145. The van der Waals surface area contributed by atoms with Crippen LogP contribution in [0.2, 0.25) is 5.02 Å². The molecular weight excluding hydrogens is 600 g/mol. The molecule has 2 aliphatic heterocycles. The van der Waals surface area contributed by atoms with Gasteiger partial charge in [-0.25, -0.2) is 4.90 Å². The van der Waals surface area contributed by atoms with E-state index in [0.717, 1.165) is 11.1 Å². The predicted molar refractivity (Wildman–Crippen MR) is 175 cm³/mol. The van der Waals surface area contributed by atoms with E-state index in [0.29, 0.717) is 33.8 Å². The van der Waals surface area contributed by atoms with Crippen LogP contribution in [0.5, 0.6) is 5.75 Å². The number of phenolic OH excluding ortho intramolecular Hbond substituents is 1. The molecule has 4 aliphatic rings. The monoisotopic (exact) mass is 636 g/mol. The van der Waals surface area contributed by atoms with Gasteiger partial charge in [-0.2, -0.15) is 0 Å². The van der Waals surface area contributed by atoms with Crippen molar-refractivity contribution in [2.45, 2.75) is 64.3 Å². The highest BCUT2D eigenvalue weighted by molar-refractivity contribution is 6.32. The Morgan fingerprint density at radius 1 is 0.848 bits per heavy atom. The highest BCUT2D eigenvalue weighted by Gasteiger charge is 2.70. The van der Waals surface area contributed by atoms with Gasteiger partial charge in [-0.05, 0) is 93.8 Å². The van der Waals surface area contributed by atoms with Gasteiger partial charge in [0, 0.05) is 16.5 Å². The van der Waals surface area contributed by atoms with Crippen molar-refractivity contribution in [1.29, 1.82) is 0 Å². The standard InChI is InChI=1S/C38H37ClN2O5/c1-20-16-22(17-21(2)32(20)42)31-26-14-15-27-30(35(45)41(33(27)43)37(3,4)5)28(26)19-29-34(44)40(25-13-9-12-24(39)18-25)36(46)38(29,31)23-10-7-6-8-11-23/h6-14,16-18,27-31,42H,15,19H2,1-5H3/t27-,28+,29-,30-,31-,38+/m0/s1. The SMILES string of the molecule is Cc1cc([C@H]2C3=CC[C@@H]4C(=O)N(C(C)(C)C)C(=O)[C@@H]4[C@@H]3C[C@H]3C(=O)N(c4cccc(Cl)c4)C(=O)[C@@]23c2ccccc2)cc(C)c1O. The van der Waals surface area contributed by atoms with Gasteiger partial charge in [-0.3, -0.25) is 24.1 Å². The Morgan fingerprint density at radius 3 is 2.15 bits per heavy atom. The fraction of sp³-hybridized carbons (Fsp3) is 0.368. The number of phenols is 1. The highest BCUT2D eigenvalue weighted by Crippen LogP contribution is 2.64. The van der Waals surface area contributed by atoms with Crippen LogP contribution in [-0.4, -0.2) is 39.2 Å². The molecule has 236 valence electrons. The molecule has 0 radical (unpaired) electrons. The first-order valence-electron chi connectivity index (χ1n) is 15.9. The van der Waals surface area contributed by atoms with Crippen molar-refractivity contribution < 1.29 is 24.3 Å². The van der Waals surface area contributed by atoms with Crippen LogP contribution in [0.3, 0.4) is 0 Å². The fourth-order valence-corrected chi connectivity index (χ4v) is 9.12. The van der Waals surface area contributed by atoms with Crippen molar-refractivity contribution in [2.24, 2.45) is 23.7 Å². The average Bonchev–Trinajstić information content (AvgIpc) is 3.40. The number of carbonyl (C=O) groups excluding carboxylic acids is 4. The van der Waals surface area contributed by atoms with E-state index in [-0.39, 0.29) is 35.8 Å². The molecule has 1 saturated carbocycles. The minimum Gasteiger partial charge on any atom is -0.507 e. The van der Waals surface area contributed by atoms with E-state index in [1.54, 1.807) is 24.3 Å². The number of benzene rings is 3. The van der Waals surface area contributed by atoms with Gasteiger partial charge in [0.05, 0.1) is 28.9 Å². The number of fused-ring (bicyclic) bond motifs is 4. The molecule has 2 aliphatic carbocycles. The zero-order valence-corrected chi connectivity index (χ0v) is 27.3. The topological polar surface area (TPSA) is 95.0 Å². The van der Waals surface area contributed by atoms with Crippen LogP contribution in [0, 0.1) is 37.5 Å². The van der Waals surface area contributed by atoms with E-state index in [4.69, 9.17) is 11.6 Å². The van der Waals surface area contributed by atoms with Crippen LogP contribution in [0.25, 0.3) is 0 Å². The Bertz CT molecular complexity index is 1840. The van der Waals surface area contributed by atoms with Crippen molar-refractivity contribution in [2.75, 3.05) is 4.90 Å². The number of carbonyl (C=O) groups is 4.